The molecule has 1 amide bonds. The van der Waals surface area contributed by atoms with Crippen LogP contribution in [0.25, 0.3) is 0 Å². The van der Waals surface area contributed by atoms with Crippen LogP contribution in [-0.4, -0.2) is 30.2 Å². The molecular formula is C17H26N2O2. The van der Waals surface area contributed by atoms with Crippen molar-refractivity contribution < 1.29 is 9.90 Å². The summed E-state index contributed by atoms with van der Waals surface area (Å²) in [6.45, 7) is 5.30. The average molecular weight is 290 g/mol. The number of rotatable bonds is 7. The van der Waals surface area contributed by atoms with E-state index >= 15 is 0 Å². The summed E-state index contributed by atoms with van der Waals surface area (Å²) in [7, 11) is 0. The van der Waals surface area contributed by atoms with Crippen molar-refractivity contribution in [2.75, 3.05) is 18.4 Å². The quantitative estimate of drug-likeness (QED) is 0.723. The van der Waals surface area contributed by atoms with Gasteiger partial charge in [0.15, 0.2) is 0 Å². The number of aliphatic hydroxyl groups is 1. The van der Waals surface area contributed by atoms with Gasteiger partial charge in [-0.05, 0) is 17.5 Å². The number of aliphatic hydroxyl groups excluding tert-OH is 1. The minimum Gasteiger partial charge on any atom is -0.391 e. The maximum absolute atomic E-state index is 12.1. The van der Waals surface area contributed by atoms with Gasteiger partial charge in [-0.15, -0.1) is 0 Å². The highest BCUT2D eigenvalue weighted by Gasteiger charge is 2.24. The Morgan fingerprint density at radius 1 is 1.38 bits per heavy atom. The number of amides is 1. The largest absolute Gasteiger partial charge is 0.391 e. The zero-order valence-electron chi connectivity index (χ0n) is 12.9. The van der Waals surface area contributed by atoms with Crippen molar-refractivity contribution in [1.29, 1.82) is 0 Å². The summed E-state index contributed by atoms with van der Waals surface area (Å²) in [5, 5.41) is 16.2. The highest BCUT2D eigenvalue weighted by Crippen LogP contribution is 2.32. The van der Waals surface area contributed by atoms with E-state index in [2.05, 4.69) is 30.5 Å². The molecule has 0 bridgehead atoms. The fraction of sp³-hybridized carbons (Fsp3) is 0.588. The molecule has 0 radical (unpaired) electrons. The number of para-hydroxylation sites is 1. The molecule has 116 valence electrons. The van der Waals surface area contributed by atoms with Crippen LogP contribution >= 0.6 is 0 Å². The molecule has 1 aliphatic heterocycles. The van der Waals surface area contributed by atoms with Gasteiger partial charge in [0.25, 0.3) is 0 Å². The van der Waals surface area contributed by atoms with Gasteiger partial charge >= 0.3 is 0 Å². The van der Waals surface area contributed by atoms with Crippen molar-refractivity contribution in [2.24, 2.45) is 5.92 Å². The first-order valence-corrected chi connectivity index (χ1v) is 7.93. The second-order valence-electron chi connectivity index (χ2n) is 5.82. The van der Waals surface area contributed by atoms with Crippen molar-refractivity contribution in [2.45, 2.75) is 45.1 Å². The van der Waals surface area contributed by atoms with E-state index in [0.29, 0.717) is 13.0 Å². The summed E-state index contributed by atoms with van der Waals surface area (Å²) < 4.78 is 0. The minimum absolute atomic E-state index is 0.0171. The van der Waals surface area contributed by atoms with Crippen LogP contribution in [0.5, 0.6) is 0 Å². The Hall–Kier alpha value is -1.55. The number of carbonyl (C=O) groups excluding carboxylic acids is 1. The highest BCUT2D eigenvalue weighted by atomic mass is 16.3. The Kier molecular flexibility index (Phi) is 5.62. The molecule has 0 fully saturated rings. The van der Waals surface area contributed by atoms with Crippen molar-refractivity contribution in [3.05, 3.63) is 29.8 Å². The fourth-order valence-corrected chi connectivity index (χ4v) is 3.05. The lowest BCUT2D eigenvalue weighted by Gasteiger charge is -2.20. The van der Waals surface area contributed by atoms with Gasteiger partial charge in [-0.3, -0.25) is 4.79 Å². The number of hydrogen-bond donors (Lipinski definition) is 3. The predicted molar refractivity (Wildman–Crippen MR) is 85.4 cm³/mol. The number of anilines is 1. The average Bonchev–Trinajstić information content (AvgIpc) is 2.90. The van der Waals surface area contributed by atoms with Crippen LogP contribution < -0.4 is 10.6 Å². The van der Waals surface area contributed by atoms with Gasteiger partial charge in [-0.25, -0.2) is 0 Å². The smallest absolute Gasteiger partial charge is 0.220 e. The molecule has 2 rings (SSSR count). The van der Waals surface area contributed by atoms with Gasteiger partial charge in [0.2, 0.25) is 5.91 Å². The third-order valence-corrected chi connectivity index (χ3v) is 4.47. The lowest BCUT2D eigenvalue weighted by atomic mass is 9.96. The Bertz CT molecular complexity index is 472. The molecule has 1 aromatic rings. The number of fused-ring (bicyclic) bond motifs is 1. The van der Waals surface area contributed by atoms with Crippen LogP contribution in [-0.2, 0) is 4.79 Å². The van der Waals surface area contributed by atoms with Gasteiger partial charge in [0.1, 0.15) is 0 Å². The Morgan fingerprint density at radius 3 is 2.81 bits per heavy atom. The molecular weight excluding hydrogens is 264 g/mol. The minimum atomic E-state index is -0.446. The second-order valence-corrected chi connectivity index (χ2v) is 5.82. The highest BCUT2D eigenvalue weighted by molar-refractivity contribution is 5.78. The number of benzene rings is 1. The second kappa shape index (κ2) is 7.46. The zero-order valence-corrected chi connectivity index (χ0v) is 12.9. The molecule has 0 saturated heterocycles. The molecule has 2 unspecified atom stereocenters. The van der Waals surface area contributed by atoms with Crippen molar-refractivity contribution in [1.82, 2.24) is 5.32 Å². The molecule has 4 nitrogen and oxygen atoms in total. The third kappa shape index (κ3) is 3.97. The first kappa shape index (κ1) is 15.8. The molecule has 4 heteroatoms. The first-order chi connectivity index (χ1) is 10.2. The van der Waals surface area contributed by atoms with E-state index in [4.69, 9.17) is 0 Å². The van der Waals surface area contributed by atoms with E-state index < -0.39 is 6.10 Å². The number of carbonyl (C=O) groups is 1. The normalized spacial score (nSPS) is 18.2. The maximum atomic E-state index is 12.1. The summed E-state index contributed by atoms with van der Waals surface area (Å²) in [6.07, 6.45) is 1.90. The molecule has 0 saturated carbocycles. The van der Waals surface area contributed by atoms with Crippen molar-refractivity contribution in [3.63, 3.8) is 0 Å². The predicted octanol–water partition coefficient (Wildman–Crippen LogP) is 2.50. The molecule has 1 aliphatic rings. The van der Waals surface area contributed by atoms with Gasteiger partial charge in [0.05, 0.1) is 6.10 Å². The molecule has 0 spiro atoms. The number of nitrogens with one attached hydrogen (secondary N) is 2. The lowest BCUT2D eigenvalue weighted by Crippen LogP contribution is -2.36. The maximum Gasteiger partial charge on any atom is 0.220 e. The monoisotopic (exact) mass is 290 g/mol. The SMILES string of the molecule is CCC(CC)C(O)CNC(=O)CC1CNc2ccccc21. The van der Waals surface area contributed by atoms with Crippen LogP contribution in [0, 0.1) is 5.92 Å². The van der Waals surface area contributed by atoms with E-state index in [-0.39, 0.29) is 17.7 Å². The van der Waals surface area contributed by atoms with Gasteiger partial charge in [-0.1, -0.05) is 44.9 Å². The summed E-state index contributed by atoms with van der Waals surface area (Å²) in [5.74, 6) is 0.508. The summed E-state index contributed by atoms with van der Waals surface area (Å²) in [4.78, 5) is 12.1. The van der Waals surface area contributed by atoms with Crippen LogP contribution in [0.4, 0.5) is 5.69 Å². The molecule has 2 atom stereocenters. The van der Waals surface area contributed by atoms with Crippen LogP contribution in [0.3, 0.4) is 0 Å². The molecule has 3 N–H and O–H groups in total. The Balaban J connectivity index is 1.81. The summed E-state index contributed by atoms with van der Waals surface area (Å²) >= 11 is 0. The Morgan fingerprint density at radius 2 is 2.10 bits per heavy atom. The van der Waals surface area contributed by atoms with E-state index in [1.54, 1.807) is 0 Å². The van der Waals surface area contributed by atoms with Gasteiger partial charge in [-0.2, -0.15) is 0 Å². The first-order valence-electron chi connectivity index (χ1n) is 7.93. The molecule has 0 aliphatic carbocycles. The number of hydrogen-bond acceptors (Lipinski definition) is 3. The molecule has 0 aromatic heterocycles. The zero-order chi connectivity index (χ0) is 15.2. The van der Waals surface area contributed by atoms with Crippen LogP contribution in [0.15, 0.2) is 24.3 Å². The van der Waals surface area contributed by atoms with Crippen LogP contribution in [0.2, 0.25) is 0 Å². The van der Waals surface area contributed by atoms with E-state index in [9.17, 15) is 9.90 Å². The third-order valence-electron chi connectivity index (χ3n) is 4.47. The summed E-state index contributed by atoms with van der Waals surface area (Å²) in [5.41, 5.74) is 2.35. The molecule has 1 heterocycles. The van der Waals surface area contributed by atoms with Crippen molar-refractivity contribution in [3.8, 4) is 0 Å². The topological polar surface area (TPSA) is 61.4 Å². The van der Waals surface area contributed by atoms with Crippen LogP contribution in [0.1, 0.15) is 44.6 Å². The molecule has 1 aromatic carbocycles. The van der Waals surface area contributed by atoms with Gasteiger partial charge < -0.3 is 15.7 Å². The van der Waals surface area contributed by atoms with E-state index in [1.165, 1.54) is 5.56 Å². The lowest BCUT2D eigenvalue weighted by molar-refractivity contribution is -0.122. The van der Waals surface area contributed by atoms with Crippen molar-refractivity contribution >= 4 is 11.6 Å². The molecule has 21 heavy (non-hydrogen) atoms. The van der Waals surface area contributed by atoms with E-state index in [1.807, 2.05) is 18.2 Å². The fourth-order valence-electron chi connectivity index (χ4n) is 3.05. The van der Waals surface area contributed by atoms with Gasteiger partial charge in [0, 0.05) is 31.1 Å². The van der Waals surface area contributed by atoms with E-state index in [0.717, 1.165) is 25.1 Å². The Labute approximate surface area is 126 Å². The summed E-state index contributed by atoms with van der Waals surface area (Å²) in [6, 6.07) is 8.13. The standard InChI is InChI=1S/C17H26N2O2/c1-3-12(4-2)16(20)11-19-17(21)9-13-10-18-15-8-6-5-7-14(13)15/h5-8,12-13,16,18,20H,3-4,9-11H2,1-2H3,(H,19,21).